The molecule has 0 aliphatic carbocycles. The SMILES string of the molecule is CC(N)C1CCCN(C(=O)C2CCSCC2)C1.Cl. The molecule has 18 heavy (non-hydrogen) atoms. The number of piperidine rings is 1. The number of thioether (sulfide) groups is 1. The van der Waals surface area contributed by atoms with Gasteiger partial charge in [0.05, 0.1) is 0 Å². The van der Waals surface area contributed by atoms with Crippen LogP contribution < -0.4 is 5.73 Å². The quantitative estimate of drug-likeness (QED) is 0.848. The van der Waals surface area contributed by atoms with Gasteiger partial charge in [0.1, 0.15) is 0 Å². The molecule has 2 saturated heterocycles. The lowest BCUT2D eigenvalue weighted by atomic mass is 9.90. The molecule has 3 nitrogen and oxygen atoms in total. The fourth-order valence-corrected chi connectivity index (χ4v) is 3.95. The minimum atomic E-state index is 0. The molecule has 0 bridgehead atoms. The smallest absolute Gasteiger partial charge is 0.225 e. The first-order valence-electron chi connectivity index (χ1n) is 6.80. The van der Waals surface area contributed by atoms with Gasteiger partial charge in [-0.3, -0.25) is 4.79 Å². The van der Waals surface area contributed by atoms with E-state index in [1.54, 1.807) is 0 Å². The molecule has 2 rings (SSSR count). The first kappa shape index (κ1) is 16.1. The Morgan fingerprint density at radius 1 is 1.33 bits per heavy atom. The number of hydrogen-bond donors (Lipinski definition) is 1. The fourth-order valence-electron chi connectivity index (χ4n) is 2.84. The lowest BCUT2D eigenvalue weighted by molar-refractivity contribution is -0.137. The summed E-state index contributed by atoms with van der Waals surface area (Å²) in [6, 6.07) is 0.215. The molecule has 2 aliphatic rings. The second kappa shape index (κ2) is 7.61. The first-order valence-corrected chi connectivity index (χ1v) is 7.96. The third-order valence-electron chi connectivity index (χ3n) is 4.08. The highest BCUT2D eigenvalue weighted by Gasteiger charge is 2.30. The van der Waals surface area contributed by atoms with Crippen molar-refractivity contribution in [3.63, 3.8) is 0 Å². The average molecular weight is 293 g/mol. The van der Waals surface area contributed by atoms with Gasteiger partial charge < -0.3 is 10.6 Å². The Morgan fingerprint density at radius 3 is 2.61 bits per heavy atom. The van der Waals surface area contributed by atoms with Crippen molar-refractivity contribution in [2.45, 2.75) is 38.6 Å². The van der Waals surface area contributed by atoms with E-state index in [0.29, 0.717) is 17.7 Å². The van der Waals surface area contributed by atoms with E-state index in [0.717, 1.165) is 43.9 Å². The maximum Gasteiger partial charge on any atom is 0.225 e. The number of halogens is 1. The molecular formula is C13H25ClN2OS. The zero-order chi connectivity index (χ0) is 12.3. The molecular weight excluding hydrogens is 268 g/mol. The number of nitrogens with two attached hydrogens (primary N) is 1. The van der Waals surface area contributed by atoms with Gasteiger partial charge in [0, 0.05) is 25.0 Å². The number of carbonyl (C=O) groups is 1. The van der Waals surface area contributed by atoms with Gasteiger partial charge in [-0.1, -0.05) is 0 Å². The number of likely N-dealkylation sites (tertiary alicyclic amines) is 1. The summed E-state index contributed by atoms with van der Waals surface area (Å²) in [5.74, 6) is 3.51. The van der Waals surface area contributed by atoms with E-state index in [1.807, 2.05) is 11.8 Å². The molecule has 2 N–H and O–H groups in total. The van der Waals surface area contributed by atoms with Crippen LogP contribution in [0.25, 0.3) is 0 Å². The molecule has 5 heteroatoms. The van der Waals surface area contributed by atoms with Crippen molar-refractivity contribution in [1.82, 2.24) is 4.90 Å². The van der Waals surface area contributed by atoms with Crippen LogP contribution in [0.1, 0.15) is 32.6 Å². The third kappa shape index (κ3) is 4.04. The third-order valence-corrected chi connectivity index (χ3v) is 5.13. The average Bonchev–Trinajstić information content (AvgIpc) is 2.39. The first-order chi connectivity index (χ1) is 8.18. The van der Waals surface area contributed by atoms with Crippen molar-refractivity contribution in [1.29, 1.82) is 0 Å². The zero-order valence-corrected chi connectivity index (χ0v) is 12.8. The van der Waals surface area contributed by atoms with Gasteiger partial charge >= 0.3 is 0 Å². The Morgan fingerprint density at radius 2 is 2.00 bits per heavy atom. The predicted octanol–water partition coefficient (Wildman–Crippen LogP) is 2.14. The number of rotatable bonds is 2. The molecule has 0 aromatic rings. The highest BCUT2D eigenvalue weighted by atomic mass is 35.5. The van der Waals surface area contributed by atoms with Crippen LogP contribution in [0.2, 0.25) is 0 Å². The normalized spacial score (nSPS) is 27.4. The Bertz CT molecular complexity index is 270. The van der Waals surface area contributed by atoms with Crippen molar-refractivity contribution in [3.8, 4) is 0 Å². The molecule has 106 valence electrons. The molecule has 2 atom stereocenters. The molecule has 0 aromatic carbocycles. The van der Waals surface area contributed by atoms with E-state index < -0.39 is 0 Å². The van der Waals surface area contributed by atoms with Crippen molar-refractivity contribution in [2.24, 2.45) is 17.6 Å². The zero-order valence-electron chi connectivity index (χ0n) is 11.1. The van der Waals surface area contributed by atoms with Gasteiger partial charge in [0.25, 0.3) is 0 Å². The summed E-state index contributed by atoms with van der Waals surface area (Å²) in [7, 11) is 0. The van der Waals surface area contributed by atoms with Crippen LogP contribution in [0.5, 0.6) is 0 Å². The summed E-state index contributed by atoms with van der Waals surface area (Å²) in [5.41, 5.74) is 5.97. The van der Waals surface area contributed by atoms with Gasteiger partial charge in [-0.2, -0.15) is 11.8 Å². The molecule has 1 amide bonds. The van der Waals surface area contributed by atoms with E-state index in [4.69, 9.17) is 5.73 Å². The van der Waals surface area contributed by atoms with E-state index in [2.05, 4.69) is 11.8 Å². The number of carbonyl (C=O) groups excluding carboxylic acids is 1. The van der Waals surface area contributed by atoms with Crippen LogP contribution in [-0.4, -0.2) is 41.4 Å². The van der Waals surface area contributed by atoms with Gasteiger partial charge in [0.15, 0.2) is 0 Å². The van der Waals surface area contributed by atoms with Crippen LogP contribution in [0.15, 0.2) is 0 Å². The second-order valence-corrected chi connectivity index (χ2v) is 6.66. The summed E-state index contributed by atoms with van der Waals surface area (Å²) in [4.78, 5) is 14.5. The van der Waals surface area contributed by atoms with Crippen LogP contribution in [0, 0.1) is 11.8 Å². The number of nitrogens with zero attached hydrogens (tertiary/aromatic N) is 1. The van der Waals surface area contributed by atoms with Crippen LogP contribution in [-0.2, 0) is 4.79 Å². The van der Waals surface area contributed by atoms with Gasteiger partial charge in [-0.05, 0) is 50.0 Å². The van der Waals surface area contributed by atoms with E-state index >= 15 is 0 Å². The fraction of sp³-hybridized carbons (Fsp3) is 0.923. The lowest BCUT2D eigenvalue weighted by Gasteiger charge is -2.37. The maximum atomic E-state index is 12.4. The molecule has 0 spiro atoms. The van der Waals surface area contributed by atoms with Crippen molar-refractivity contribution < 1.29 is 4.79 Å². The van der Waals surface area contributed by atoms with Crippen molar-refractivity contribution in [2.75, 3.05) is 24.6 Å². The highest BCUT2D eigenvalue weighted by Crippen LogP contribution is 2.27. The number of amides is 1. The minimum Gasteiger partial charge on any atom is -0.342 e. The lowest BCUT2D eigenvalue weighted by Crippen LogP contribution is -2.47. The van der Waals surface area contributed by atoms with Crippen LogP contribution in [0.4, 0.5) is 0 Å². The van der Waals surface area contributed by atoms with Crippen LogP contribution in [0.3, 0.4) is 0 Å². The van der Waals surface area contributed by atoms with Crippen molar-refractivity contribution >= 4 is 30.1 Å². The summed E-state index contributed by atoms with van der Waals surface area (Å²) >= 11 is 1.98. The topological polar surface area (TPSA) is 46.3 Å². The Hall–Kier alpha value is 0.0700. The summed E-state index contributed by atoms with van der Waals surface area (Å²) < 4.78 is 0. The molecule has 0 aromatic heterocycles. The molecule has 2 unspecified atom stereocenters. The molecule has 2 aliphatic heterocycles. The predicted molar refractivity (Wildman–Crippen MR) is 80.3 cm³/mol. The van der Waals surface area contributed by atoms with Gasteiger partial charge in [0.2, 0.25) is 5.91 Å². The largest absolute Gasteiger partial charge is 0.342 e. The van der Waals surface area contributed by atoms with Gasteiger partial charge in [-0.25, -0.2) is 0 Å². The maximum absolute atomic E-state index is 12.4. The molecule has 2 heterocycles. The Kier molecular flexibility index (Phi) is 6.82. The standard InChI is InChI=1S/C13H24N2OS.ClH/c1-10(14)12-3-2-6-15(9-12)13(16)11-4-7-17-8-5-11;/h10-12H,2-9,14H2,1H3;1H. The highest BCUT2D eigenvalue weighted by molar-refractivity contribution is 7.99. The second-order valence-electron chi connectivity index (χ2n) is 5.43. The van der Waals surface area contributed by atoms with E-state index in [-0.39, 0.29) is 18.4 Å². The Balaban J connectivity index is 0.00000162. The molecule has 2 fully saturated rings. The molecule has 0 saturated carbocycles. The van der Waals surface area contributed by atoms with E-state index in [9.17, 15) is 4.79 Å². The monoisotopic (exact) mass is 292 g/mol. The summed E-state index contributed by atoms with van der Waals surface area (Å²) in [6.07, 6.45) is 4.45. The molecule has 0 radical (unpaired) electrons. The summed E-state index contributed by atoms with van der Waals surface area (Å²) in [5, 5.41) is 0. The summed E-state index contributed by atoms with van der Waals surface area (Å²) in [6.45, 7) is 3.90. The van der Waals surface area contributed by atoms with Crippen molar-refractivity contribution in [3.05, 3.63) is 0 Å². The number of hydrogen-bond acceptors (Lipinski definition) is 3. The Labute approximate surface area is 121 Å². The minimum absolute atomic E-state index is 0. The van der Waals surface area contributed by atoms with Crippen LogP contribution >= 0.6 is 24.2 Å². The van der Waals surface area contributed by atoms with Gasteiger partial charge in [-0.15, -0.1) is 12.4 Å². The van der Waals surface area contributed by atoms with E-state index in [1.165, 1.54) is 6.42 Å².